The predicted octanol–water partition coefficient (Wildman–Crippen LogP) is 2.98. The van der Waals surface area contributed by atoms with Gasteiger partial charge in [0.2, 0.25) is 5.95 Å². The molecule has 6 nitrogen and oxygen atoms in total. The van der Waals surface area contributed by atoms with Gasteiger partial charge in [0.15, 0.2) is 11.5 Å². The zero-order chi connectivity index (χ0) is 14.5. The molecule has 0 atom stereocenters. The van der Waals surface area contributed by atoms with Crippen molar-refractivity contribution in [1.82, 2.24) is 15.2 Å². The molecule has 0 radical (unpaired) electrons. The van der Waals surface area contributed by atoms with Crippen LogP contribution in [0.25, 0.3) is 0 Å². The Labute approximate surface area is 126 Å². The summed E-state index contributed by atoms with van der Waals surface area (Å²) >= 11 is 3.52. The van der Waals surface area contributed by atoms with Crippen molar-refractivity contribution in [3.05, 3.63) is 28.5 Å². The second-order valence-corrected chi connectivity index (χ2v) is 5.32. The van der Waals surface area contributed by atoms with Crippen LogP contribution in [0.4, 0.5) is 5.95 Å². The maximum absolute atomic E-state index is 5.75. The Bertz CT molecular complexity index is 558. The van der Waals surface area contributed by atoms with Crippen molar-refractivity contribution in [2.45, 2.75) is 26.5 Å². The molecule has 0 unspecified atom stereocenters. The normalized spacial score (nSPS) is 10.7. The third-order valence-electron chi connectivity index (χ3n) is 2.52. The fourth-order valence-electron chi connectivity index (χ4n) is 1.70. The first-order valence-electron chi connectivity index (χ1n) is 6.22. The Morgan fingerprint density at radius 1 is 1.40 bits per heavy atom. The Morgan fingerprint density at radius 2 is 2.20 bits per heavy atom. The molecule has 1 aromatic heterocycles. The van der Waals surface area contributed by atoms with E-state index in [2.05, 4.69) is 36.4 Å². The Hall–Kier alpha value is -1.76. The lowest BCUT2D eigenvalue weighted by molar-refractivity contribution is 0.228. The van der Waals surface area contributed by atoms with Crippen LogP contribution >= 0.6 is 15.9 Å². The van der Waals surface area contributed by atoms with Crippen LogP contribution in [0.3, 0.4) is 0 Å². The van der Waals surface area contributed by atoms with Gasteiger partial charge in [-0.3, -0.25) is 0 Å². The van der Waals surface area contributed by atoms with Crippen LogP contribution in [0.2, 0.25) is 0 Å². The number of hydrogen-bond donors (Lipinski definition) is 2. The number of nitrogens with one attached hydrogen (secondary N) is 2. The molecule has 0 aliphatic heterocycles. The summed E-state index contributed by atoms with van der Waals surface area (Å²) in [4.78, 5) is 4.01. The summed E-state index contributed by atoms with van der Waals surface area (Å²) in [6.45, 7) is 4.56. The molecule has 0 fully saturated rings. The van der Waals surface area contributed by atoms with Crippen LogP contribution in [-0.2, 0) is 6.54 Å². The molecule has 108 valence electrons. The summed E-state index contributed by atoms with van der Waals surface area (Å²) in [5, 5.41) is 9.66. The van der Waals surface area contributed by atoms with E-state index in [0.717, 1.165) is 10.0 Å². The van der Waals surface area contributed by atoms with E-state index < -0.39 is 0 Å². The maximum Gasteiger partial charge on any atom is 0.218 e. The van der Waals surface area contributed by atoms with Gasteiger partial charge in [-0.05, 0) is 47.5 Å². The zero-order valence-corrected chi connectivity index (χ0v) is 13.2. The monoisotopic (exact) mass is 340 g/mol. The molecular weight excluding hydrogens is 324 g/mol. The molecule has 0 bridgehead atoms. The minimum absolute atomic E-state index is 0.0818. The van der Waals surface area contributed by atoms with Gasteiger partial charge < -0.3 is 14.8 Å². The highest BCUT2D eigenvalue weighted by atomic mass is 79.9. The molecule has 1 heterocycles. The van der Waals surface area contributed by atoms with Crippen molar-refractivity contribution >= 4 is 21.9 Å². The molecule has 1 aromatic carbocycles. The summed E-state index contributed by atoms with van der Waals surface area (Å²) in [5.41, 5.74) is 1.04. The van der Waals surface area contributed by atoms with Gasteiger partial charge >= 0.3 is 0 Å². The van der Waals surface area contributed by atoms with Gasteiger partial charge in [0.25, 0.3) is 0 Å². The summed E-state index contributed by atoms with van der Waals surface area (Å²) < 4.78 is 12.0. The molecule has 2 rings (SSSR count). The van der Waals surface area contributed by atoms with E-state index in [1.807, 2.05) is 26.0 Å². The molecule has 2 aromatic rings. The second kappa shape index (κ2) is 6.60. The first-order chi connectivity index (χ1) is 9.60. The number of aromatic nitrogens is 3. The minimum atomic E-state index is 0.0818. The predicted molar refractivity (Wildman–Crippen MR) is 80.2 cm³/mol. The van der Waals surface area contributed by atoms with Gasteiger partial charge in [-0.15, -0.1) is 0 Å². The molecule has 0 saturated carbocycles. The van der Waals surface area contributed by atoms with E-state index >= 15 is 0 Å². The van der Waals surface area contributed by atoms with Crippen LogP contribution < -0.4 is 14.8 Å². The number of H-pyrrole nitrogens is 1. The molecule has 0 aliphatic rings. The number of benzene rings is 1. The largest absolute Gasteiger partial charge is 0.493 e. The van der Waals surface area contributed by atoms with Gasteiger partial charge in [0.1, 0.15) is 6.33 Å². The average Bonchev–Trinajstić information content (AvgIpc) is 2.91. The van der Waals surface area contributed by atoms with Gasteiger partial charge in [-0.1, -0.05) is 0 Å². The van der Waals surface area contributed by atoms with Crippen LogP contribution in [0.15, 0.2) is 22.9 Å². The lowest BCUT2D eigenvalue weighted by Gasteiger charge is -2.16. The topological polar surface area (TPSA) is 72.1 Å². The summed E-state index contributed by atoms with van der Waals surface area (Å²) in [7, 11) is 1.63. The quantitative estimate of drug-likeness (QED) is 0.845. The van der Waals surface area contributed by atoms with Crippen molar-refractivity contribution < 1.29 is 9.47 Å². The van der Waals surface area contributed by atoms with Gasteiger partial charge in [-0.25, -0.2) is 10.1 Å². The SMILES string of the molecule is COc1cc(CNc2ncn[nH]2)cc(Br)c1OC(C)C. The maximum atomic E-state index is 5.75. The Balaban J connectivity index is 2.16. The fraction of sp³-hybridized carbons (Fsp3) is 0.385. The highest BCUT2D eigenvalue weighted by molar-refractivity contribution is 9.10. The number of methoxy groups -OCH3 is 1. The van der Waals surface area contributed by atoms with Gasteiger partial charge in [-0.2, -0.15) is 5.10 Å². The van der Waals surface area contributed by atoms with Crippen LogP contribution in [0, 0.1) is 0 Å². The van der Waals surface area contributed by atoms with Crippen molar-refractivity contribution in [3.8, 4) is 11.5 Å². The standard InChI is InChI=1S/C13H17BrN4O2/c1-8(2)20-12-10(14)4-9(5-11(12)19-3)6-15-13-16-7-17-18-13/h4-5,7-8H,6H2,1-3H3,(H2,15,16,17,18). The number of halogens is 1. The number of aromatic amines is 1. The molecule has 20 heavy (non-hydrogen) atoms. The first-order valence-corrected chi connectivity index (χ1v) is 7.01. The molecule has 0 aliphatic carbocycles. The Morgan fingerprint density at radius 3 is 2.80 bits per heavy atom. The van der Waals surface area contributed by atoms with E-state index in [0.29, 0.717) is 24.0 Å². The van der Waals surface area contributed by atoms with E-state index in [9.17, 15) is 0 Å². The van der Waals surface area contributed by atoms with E-state index in [4.69, 9.17) is 9.47 Å². The highest BCUT2D eigenvalue weighted by Gasteiger charge is 2.13. The smallest absolute Gasteiger partial charge is 0.218 e. The van der Waals surface area contributed by atoms with Gasteiger partial charge in [0.05, 0.1) is 17.7 Å². The number of rotatable bonds is 6. The molecule has 0 spiro atoms. The number of ether oxygens (including phenoxy) is 2. The second-order valence-electron chi connectivity index (χ2n) is 4.46. The summed E-state index contributed by atoms with van der Waals surface area (Å²) in [6.07, 6.45) is 1.54. The van der Waals surface area contributed by atoms with E-state index in [1.165, 1.54) is 6.33 Å². The molecular formula is C13H17BrN4O2. The molecule has 7 heteroatoms. The van der Waals surface area contributed by atoms with Gasteiger partial charge in [0, 0.05) is 6.54 Å². The average molecular weight is 341 g/mol. The number of hydrogen-bond acceptors (Lipinski definition) is 5. The van der Waals surface area contributed by atoms with Crippen LogP contribution in [0.5, 0.6) is 11.5 Å². The van der Waals surface area contributed by atoms with Crippen molar-refractivity contribution in [1.29, 1.82) is 0 Å². The summed E-state index contributed by atoms with van der Waals surface area (Å²) in [6, 6.07) is 3.93. The third-order valence-corrected chi connectivity index (χ3v) is 3.11. The molecule has 0 amide bonds. The fourth-order valence-corrected chi connectivity index (χ4v) is 2.28. The van der Waals surface area contributed by atoms with Crippen molar-refractivity contribution in [2.24, 2.45) is 0 Å². The Kier molecular flexibility index (Phi) is 4.84. The third kappa shape index (κ3) is 3.63. The lowest BCUT2D eigenvalue weighted by Crippen LogP contribution is -2.08. The first kappa shape index (κ1) is 14.6. The van der Waals surface area contributed by atoms with Crippen LogP contribution in [-0.4, -0.2) is 28.4 Å². The summed E-state index contributed by atoms with van der Waals surface area (Å²) in [5.74, 6) is 2.04. The lowest BCUT2D eigenvalue weighted by atomic mass is 10.2. The van der Waals surface area contributed by atoms with E-state index in [-0.39, 0.29) is 6.10 Å². The minimum Gasteiger partial charge on any atom is -0.493 e. The number of anilines is 1. The zero-order valence-electron chi connectivity index (χ0n) is 11.6. The van der Waals surface area contributed by atoms with E-state index in [1.54, 1.807) is 7.11 Å². The van der Waals surface area contributed by atoms with Crippen molar-refractivity contribution in [2.75, 3.05) is 12.4 Å². The molecule has 2 N–H and O–H groups in total. The van der Waals surface area contributed by atoms with Crippen molar-refractivity contribution in [3.63, 3.8) is 0 Å². The van der Waals surface area contributed by atoms with Crippen LogP contribution in [0.1, 0.15) is 19.4 Å². The molecule has 0 saturated heterocycles. The number of nitrogens with zero attached hydrogens (tertiary/aromatic N) is 2. The highest BCUT2D eigenvalue weighted by Crippen LogP contribution is 2.37.